The molecule has 0 saturated carbocycles. The molecule has 0 aliphatic heterocycles. The van der Waals surface area contributed by atoms with Crippen molar-refractivity contribution < 1.29 is 102 Å². The molecule has 8 aromatic rings. The Labute approximate surface area is 372 Å². The molecule has 66 heavy (non-hydrogen) atoms. The van der Waals surface area contributed by atoms with E-state index in [1.54, 1.807) is 0 Å². The quantitative estimate of drug-likeness (QED) is 0.0402. The van der Waals surface area contributed by atoms with Crippen LogP contribution in [0.4, 0.5) is 0 Å². The van der Waals surface area contributed by atoms with Crippen molar-refractivity contribution in [2.75, 3.05) is 0 Å². The van der Waals surface area contributed by atoms with Gasteiger partial charge in [-0.3, -0.25) is 0 Å². The Hall–Kier alpha value is -8.81. The van der Waals surface area contributed by atoms with E-state index in [9.17, 15) is 102 Å². The number of phenolic OH excluding ortho intramolecular Hbond substituents is 20. The van der Waals surface area contributed by atoms with Crippen molar-refractivity contribution in [1.82, 2.24) is 0 Å². The summed E-state index contributed by atoms with van der Waals surface area (Å²) >= 11 is 0. The van der Waals surface area contributed by atoms with Gasteiger partial charge in [0.25, 0.3) is 0 Å². The molecule has 20 nitrogen and oxygen atoms in total. The first-order chi connectivity index (χ1) is 30.7. The minimum atomic E-state index is -1.65. The minimum absolute atomic E-state index is 0.742. The molecule has 0 atom stereocenters. The molecule has 26 heteroatoms. The number of hydrogen-bond donors (Lipinski definition) is 20. The van der Waals surface area contributed by atoms with Gasteiger partial charge in [-0.1, -0.05) is 16.4 Å². The molecule has 0 bridgehead atoms. The van der Waals surface area contributed by atoms with E-state index in [0.717, 1.165) is 0 Å². The highest BCUT2D eigenvalue weighted by Crippen LogP contribution is 2.63. The lowest BCUT2D eigenvalue weighted by Crippen LogP contribution is -2.30. The Morgan fingerprint density at radius 3 is 1.00 bits per heavy atom. The number of rotatable bonds is 3. The third-order valence-electron chi connectivity index (χ3n) is 11.5. The van der Waals surface area contributed by atoms with Gasteiger partial charge in [0.2, 0.25) is 17.2 Å². The first-order valence-corrected chi connectivity index (χ1v) is 18.0. The Bertz CT molecular complexity index is 3670. The van der Waals surface area contributed by atoms with Crippen LogP contribution in [0.15, 0.2) is 0 Å². The highest BCUT2D eigenvalue weighted by atomic mass is 16.4. The summed E-state index contributed by atoms with van der Waals surface area (Å²) in [4.78, 5) is 0. The third-order valence-corrected chi connectivity index (χ3v) is 11.5. The SMILES string of the molecule is [B]c1c(-c2c([B])c(O)c3c(O)c(O)c(O)c(O)c3c2O)c(O)c2c(O)c(O)c(-c3c(O)c(O)c(O)c(-c4c([B])c5c([B])c(O)c(O)c(O)c5c5c(O)c(O)c([B])c(O)c45)c3O)c(O)c2c1[B]. The van der Waals surface area contributed by atoms with Gasteiger partial charge in [-0.2, -0.15) is 0 Å². The van der Waals surface area contributed by atoms with E-state index in [-0.39, 0.29) is 0 Å². The second-order valence-electron chi connectivity index (χ2n) is 14.7. The fraction of sp³-hybridized carbons (Fsp3) is 0. The summed E-state index contributed by atoms with van der Waals surface area (Å²) < 4.78 is 0. The second kappa shape index (κ2) is 13.8. The predicted molar refractivity (Wildman–Crippen MR) is 238 cm³/mol. The summed E-state index contributed by atoms with van der Waals surface area (Å²) in [5.41, 5.74) is -12.4. The lowest BCUT2D eigenvalue weighted by atomic mass is 9.70. The summed E-state index contributed by atoms with van der Waals surface area (Å²) in [6.45, 7) is 0. The molecule has 0 amide bonds. The van der Waals surface area contributed by atoms with Crippen molar-refractivity contribution in [3.63, 3.8) is 0 Å². The Morgan fingerprint density at radius 1 is 0.136 bits per heavy atom. The van der Waals surface area contributed by atoms with Crippen molar-refractivity contribution in [2.45, 2.75) is 0 Å². The van der Waals surface area contributed by atoms with Crippen LogP contribution < -0.4 is 32.8 Å². The number of aromatic hydroxyl groups is 20. The number of hydrogen-bond acceptors (Lipinski definition) is 20. The van der Waals surface area contributed by atoms with Gasteiger partial charge in [0.15, 0.2) is 63.2 Å². The van der Waals surface area contributed by atoms with Crippen LogP contribution in [0.25, 0.3) is 76.5 Å². The van der Waals surface area contributed by atoms with E-state index in [2.05, 4.69) is 0 Å². The average molecular weight is 885 g/mol. The van der Waals surface area contributed by atoms with E-state index in [4.69, 9.17) is 47.1 Å². The van der Waals surface area contributed by atoms with Gasteiger partial charge in [-0.25, -0.2) is 0 Å². The molecule has 8 aromatic carbocycles. The standard InChI is InChI=1S/C40H20B6O20/c41-15-1(2-3(27(53)36(62)20(46)25(2)51)4-5(15)18(44)35(61)38(64)28(4)54)9-24(50)12(32(58)37(63)31(9)57)11-23(49)8-10(29(55)30(11)56)21(47)6(16(42)17(8)43)7-19(45)26(52)14-13(22(7)48)33(59)39(65)40(66)34(14)60/h47-66H. The van der Waals surface area contributed by atoms with Gasteiger partial charge < -0.3 is 102 Å². The maximum Gasteiger partial charge on any atom is 0.205 e. The summed E-state index contributed by atoms with van der Waals surface area (Å²) in [6.07, 6.45) is 0. The van der Waals surface area contributed by atoms with E-state index >= 15 is 0 Å². The minimum Gasteiger partial charge on any atom is -0.508 e. The molecule has 8 rings (SSSR count). The molecule has 0 fully saturated rings. The van der Waals surface area contributed by atoms with Gasteiger partial charge in [0, 0.05) is 32.7 Å². The Morgan fingerprint density at radius 2 is 0.455 bits per heavy atom. The molecular weight excluding hydrogens is 865 g/mol. The molecule has 0 aliphatic rings. The van der Waals surface area contributed by atoms with Crippen LogP contribution in [0.5, 0.6) is 115 Å². The van der Waals surface area contributed by atoms with Crippen LogP contribution in [0.1, 0.15) is 0 Å². The average Bonchev–Trinajstić information content (AvgIpc) is 3.27. The Kier molecular flexibility index (Phi) is 9.19. The first kappa shape index (κ1) is 43.8. The Balaban J connectivity index is 1.53. The molecule has 0 heterocycles. The zero-order valence-electron chi connectivity index (χ0n) is 32.4. The van der Waals surface area contributed by atoms with E-state index < -0.39 is 224 Å². The number of phenols is 20. The lowest BCUT2D eigenvalue weighted by Gasteiger charge is -2.25. The number of fused-ring (bicyclic) bond motifs is 5. The van der Waals surface area contributed by atoms with Crippen molar-refractivity contribution in [2.24, 2.45) is 0 Å². The molecule has 0 aromatic heterocycles. The number of benzene rings is 8. The molecule has 318 valence electrons. The second-order valence-corrected chi connectivity index (χ2v) is 14.7. The topological polar surface area (TPSA) is 405 Å². The van der Waals surface area contributed by atoms with Crippen LogP contribution >= 0.6 is 0 Å². The summed E-state index contributed by atoms with van der Waals surface area (Å²) in [5, 5.41) is 214. The maximum absolute atomic E-state index is 12.1. The molecule has 0 unspecified atom stereocenters. The summed E-state index contributed by atoms with van der Waals surface area (Å²) in [7, 11) is 37.0. The third kappa shape index (κ3) is 5.05. The smallest absolute Gasteiger partial charge is 0.205 e. The van der Waals surface area contributed by atoms with E-state index in [1.807, 2.05) is 0 Å². The molecule has 0 aliphatic carbocycles. The van der Waals surface area contributed by atoms with Crippen LogP contribution in [0.3, 0.4) is 0 Å². The molecule has 12 radical (unpaired) electrons. The van der Waals surface area contributed by atoms with E-state index in [0.29, 0.717) is 0 Å². The first-order valence-electron chi connectivity index (χ1n) is 18.0. The van der Waals surface area contributed by atoms with Crippen LogP contribution in [-0.2, 0) is 0 Å². The van der Waals surface area contributed by atoms with Gasteiger partial charge in [-0.05, 0) is 27.3 Å². The largest absolute Gasteiger partial charge is 0.508 e. The summed E-state index contributed by atoms with van der Waals surface area (Å²) in [5.74, 6) is -27.9. The zero-order valence-corrected chi connectivity index (χ0v) is 32.4. The summed E-state index contributed by atoms with van der Waals surface area (Å²) in [6, 6.07) is 0. The monoisotopic (exact) mass is 886 g/mol. The van der Waals surface area contributed by atoms with E-state index in [1.165, 1.54) is 0 Å². The van der Waals surface area contributed by atoms with Crippen molar-refractivity contribution >= 4 is 123 Å². The predicted octanol–water partition coefficient (Wildman–Crippen LogP) is -1.82. The van der Waals surface area contributed by atoms with Crippen LogP contribution in [0.2, 0.25) is 0 Å². The molecule has 20 N–H and O–H groups in total. The van der Waals surface area contributed by atoms with Crippen LogP contribution in [-0.4, -0.2) is 149 Å². The lowest BCUT2D eigenvalue weighted by molar-refractivity contribution is 0.349. The normalized spacial score (nSPS) is 11.7. The van der Waals surface area contributed by atoms with Crippen molar-refractivity contribution in [1.29, 1.82) is 0 Å². The highest BCUT2D eigenvalue weighted by Gasteiger charge is 2.37. The molecule has 0 saturated heterocycles. The van der Waals surface area contributed by atoms with Gasteiger partial charge >= 0.3 is 0 Å². The van der Waals surface area contributed by atoms with Gasteiger partial charge in [0.1, 0.15) is 81.6 Å². The highest BCUT2D eigenvalue weighted by molar-refractivity contribution is 6.58. The fourth-order valence-electron chi connectivity index (χ4n) is 8.29. The molecule has 0 spiro atoms. The molecular formula is C40H20B6O20. The van der Waals surface area contributed by atoms with Gasteiger partial charge in [0.05, 0.1) is 32.8 Å². The fourth-order valence-corrected chi connectivity index (χ4v) is 8.29. The van der Waals surface area contributed by atoms with Crippen molar-refractivity contribution in [3.8, 4) is 148 Å². The zero-order chi connectivity index (χ0) is 49.1. The van der Waals surface area contributed by atoms with Crippen LogP contribution in [0, 0.1) is 0 Å². The maximum atomic E-state index is 12.1. The van der Waals surface area contributed by atoms with Crippen molar-refractivity contribution in [3.05, 3.63) is 0 Å². The van der Waals surface area contributed by atoms with Gasteiger partial charge in [-0.15, -0.1) is 0 Å².